The molecule has 1 rings (SSSR count). The number of carbonyl (C=O) groups excluding carboxylic acids is 1. The zero-order valence-corrected chi connectivity index (χ0v) is 10.9. The smallest absolute Gasteiger partial charge is 0.258 e. The summed E-state index contributed by atoms with van der Waals surface area (Å²) < 4.78 is 5.27. The van der Waals surface area contributed by atoms with Gasteiger partial charge in [-0.15, -0.1) is 0 Å². The van der Waals surface area contributed by atoms with Gasteiger partial charge in [-0.05, 0) is 24.6 Å². The van der Waals surface area contributed by atoms with Crippen LogP contribution in [0.2, 0.25) is 5.02 Å². The first-order chi connectivity index (χ1) is 8.65. The van der Waals surface area contributed by atoms with E-state index in [9.17, 15) is 4.79 Å². The number of ether oxygens (including phenoxy) is 1. The molecule has 1 amide bonds. The second-order valence-electron chi connectivity index (χ2n) is 3.78. The Morgan fingerprint density at radius 1 is 1.61 bits per heavy atom. The van der Waals surface area contributed by atoms with Crippen LogP contribution in [0.25, 0.3) is 0 Å². The average molecular weight is 267 g/mol. The molecule has 5 heteroatoms. The molecule has 1 unspecified atom stereocenters. The molecule has 0 aliphatic rings. The first-order valence-electron chi connectivity index (χ1n) is 5.73. The van der Waals surface area contributed by atoms with Gasteiger partial charge in [-0.3, -0.25) is 4.79 Å². The Balaban J connectivity index is 2.39. The van der Waals surface area contributed by atoms with E-state index in [1.54, 1.807) is 24.3 Å². The third kappa shape index (κ3) is 5.07. The summed E-state index contributed by atoms with van der Waals surface area (Å²) in [7, 11) is 0. The van der Waals surface area contributed by atoms with Crippen molar-refractivity contribution in [1.29, 1.82) is 5.26 Å². The lowest BCUT2D eigenvalue weighted by atomic mass is 10.2. The summed E-state index contributed by atoms with van der Waals surface area (Å²) in [6, 6.07) is 8.39. The second-order valence-corrected chi connectivity index (χ2v) is 4.22. The SMILES string of the molecule is CCCC(C#N)NC(=O)COc1cccc(Cl)c1. The van der Waals surface area contributed by atoms with Gasteiger partial charge in [0.2, 0.25) is 0 Å². The molecule has 0 radical (unpaired) electrons. The normalized spacial score (nSPS) is 11.4. The van der Waals surface area contributed by atoms with E-state index in [2.05, 4.69) is 5.32 Å². The number of halogens is 1. The van der Waals surface area contributed by atoms with Gasteiger partial charge in [0.1, 0.15) is 11.8 Å². The average Bonchev–Trinajstić information content (AvgIpc) is 2.36. The van der Waals surface area contributed by atoms with E-state index in [0.29, 0.717) is 17.2 Å². The highest BCUT2D eigenvalue weighted by Crippen LogP contribution is 2.16. The number of hydrogen-bond donors (Lipinski definition) is 1. The molecule has 0 spiro atoms. The van der Waals surface area contributed by atoms with E-state index in [-0.39, 0.29) is 12.5 Å². The molecule has 1 N–H and O–H groups in total. The summed E-state index contributed by atoms with van der Waals surface area (Å²) in [5.41, 5.74) is 0. The molecule has 0 aliphatic carbocycles. The Bertz CT molecular complexity index is 443. The predicted molar refractivity (Wildman–Crippen MR) is 69.4 cm³/mol. The Hall–Kier alpha value is -1.73. The minimum atomic E-state index is -0.453. The highest BCUT2D eigenvalue weighted by atomic mass is 35.5. The number of carbonyl (C=O) groups is 1. The molecule has 0 heterocycles. The van der Waals surface area contributed by atoms with Crippen LogP contribution in [0.5, 0.6) is 5.75 Å². The number of amides is 1. The fraction of sp³-hybridized carbons (Fsp3) is 0.385. The molecule has 0 bridgehead atoms. The third-order valence-corrected chi connectivity index (χ3v) is 2.47. The summed E-state index contributed by atoms with van der Waals surface area (Å²) in [4.78, 5) is 11.5. The summed E-state index contributed by atoms with van der Waals surface area (Å²) in [6.45, 7) is 1.83. The molecule has 0 saturated heterocycles. The van der Waals surface area contributed by atoms with Crippen LogP contribution in [0.15, 0.2) is 24.3 Å². The first kappa shape index (κ1) is 14.3. The van der Waals surface area contributed by atoms with E-state index < -0.39 is 6.04 Å². The second kappa shape index (κ2) is 7.57. The van der Waals surface area contributed by atoms with Gasteiger partial charge in [0, 0.05) is 5.02 Å². The van der Waals surface area contributed by atoms with Gasteiger partial charge in [-0.25, -0.2) is 0 Å². The Morgan fingerprint density at radius 3 is 3.00 bits per heavy atom. The van der Waals surface area contributed by atoms with Crippen molar-refractivity contribution in [2.24, 2.45) is 0 Å². The van der Waals surface area contributed by atoms with Crippen LogP contribution in [0.3, 0.4) is 0 Å². The van der Waals surface area contributed by atoms with Crippen LogP contribution in [-0.2, 0) is 4.79 Å². The standard InChI is InChI=1S/C13H15ClN2O2/c1-2-4-11(8-15)16-13(17)9-18-12-6-3-5-10(14)7-12/h3,5-7,11H,2,4,9H2,1H3,(H,16,17). The van der Waals surface area contributed by atoms with Gasteiger partial charge in [-0.2, -0.15) is 5.26 Å². The zero-order chi connectivity index (χ0) is 13.4. The van der Waals surface area contributed by atoms with E-state index in [1.165, 1.54) is 0 Å². The Morgan fingerprint density at radius 2 is 2.39 bits per heavy atom. The number of nitriles is 1. The molecular weight excluding hydrogens is 252 g/mol. The van der Waals surface area contributed by atoms with Crippen molar-refractivity contribution in [3.8, 4) is 11.8 Å². The van der Waals surface area contributed by atoms with E-state index in [1.807, 2.05) is 13.0 Å². The van der Waals surface area contributed by atoms with Crippen molar-refractivity contribution in [2.75, 3.05) is 6.61 Å². The fourth-order valence-electron chi connectivity index (χ4n) is 1.40. The lowest BCUT2D eigenvalue weighted by molar-refractivity contribution is -0.123. The fourth-order valence-corrected chi connectivity index (χ4v) is 1.58. The van der Waals surface area contributed by atoms with Gasteiger partial charge in [0.15, 0.2) is 6.61 Å². The topological polar surface area (TPSA) is 62.1 Å². The number of nitrogens with zero attached hydrogens (tertiary/aromatic N) is 1. The molecule has 0 aliphatic heterocycles. The molecule has 0 aromatic heterocycles. The van der Waals surface area contributed by atoms with Gasteiger partial charge >= 0.3 is 0 Å². The number of rotatable bonds is 6. The maximum absolute atomic E-state index is 11.5. The van der Waals surface area contributed by atoms with Crippen molar-refractivity contribution in [3.63, 3.8) is 0 Å². The lowest BCUT2D eigenvalue weighted by Gasteiger charge is -2.11. The van der Waals surface area contributed by atoms with Crippen LogP contribution < -0.4 is 10.1 Å². The summed E-state index contributed by atoms with van der Waals surface area (Å²) in [5.74, 6) is 0.219. The number of nitrogens with one attached hydrogen (secondary N) is 1. The zero-order valence-electron chi connectivity index (χ0n) is 10.1. The molecule has 0 fully saturated rings. The molecule has 1 aromatic carbocycles. The minimum Gasteiger partial charge on any atom is -0.484 e. The summed E-state index contributed by atoms with van der Waals surface area (Å²) in [5, 5.41) is 11.9. The van der Waals surface area contributed by atoms with Crippen molar-refractivity contribution in [2.45, 2.75) is 25.8 Å². The van der Waals surface area contributed by atoms with Gasteiger partial charge in [-0.1, -0.05) is 31.0 Å². The van der Waals surface area contributed by atoms with Gasteiger partial charge in [0.25, 0.3) is 5.91 Å². The highest BCUT2D eigenvalue weighted by molar-refractivity contribution is 6.30. The van der Waals surface area contributed by atoms with Crippen LogP contribution >= 0.6 is 11.6 Å². The molecular formula is C13H15ClN2O2. The maximum Gasteiger partial charge on any atom is 0.258 e. The molecule has 18 heavy (non-hydrogen) atoms. The lowest BCUT2D eigenvalue weighted by Crippen LogP contribution is -2.36. The van der Waals surface area contributed by atoms with Crippen LogP contribution in [0.1, 0.15) is 19.8 Å². The predicted octanol–water partition coefficient (Wildman–Crippen LogP) is 2.53. The van der Waals surface area contributed by atoms with Crippen molar-refractivity contribution in [1.82, 2.24) is 5.32 Å². The molecule has 1 atom stereocenters. The number of hydrogen-bond acceptors (Lipinski definition) is 3. The summed E-state index contributed by atoms with van der Waals surface area (Å²) >= 11 is 5.78. The van der Waals surface area contributed by atoms with E-state index in [0.717, 1.165) is 6.42 Å². The number of benzene rings is 1. The van der Waals surface area contributed by atoms with E-state index in [4.69, 9.17) is 21.6 Å². The van der Waals surface area contributed by atoms with Gasteiger partial charge < -0.3 is 10.1 Å². The molecule has 0 saturated carbocycles. The minimum absolute atomic E-state index is 0.123. The molecule has 4 nitrogen and oxygen atoms in total. The molecule has 1 aromatic rings. The van der Waals surface area contributed by atoms with E-state index >= 15 is 0 Å². The highest BCUT2D eigenvalue weighted by Gasteiger charge is 2.10. The van der Waals surface area contributed by atoms with Crippen molar-refractivity contribution < 1.29 is 9.53 Å². The van der Waals surface area contributed by atoms with Crippen LogP contribution in [0, 0.1) is 11.3 Å². The Kier molecular flexibility index (Phi) is 6.03. The van der Waals surface area contributed by atoms with Crippen LogP contribution in [0.4, 0.5) is 0 Å². The first-order valence-corrected chi connectivity index (χ1v) is 6.11. The van der Waals surface area contributed by atoms with Crippen LogP contribution in [-0.4, -0.2) is 18.6 Å². The van der Waals surface area contributed by atoms with Crippen molar-refractivity contribution >= 4 is 17.5 Å². The largest absolute Gasteiger partial charge is 0.484 e. The maximum atomic E-state index is 11.5. The van der Waals surface area contributed by atoms with Crippen molar-refractivity contribution in [3.05, 3.63) is 29.3 Å². The third-order valence-electron chi connectivity index (χ3n) is 2.23. The van der Waals surface area contributed by atoms with Gasteiger partial charge in [0.05, 0.1) is 6.07 Å². The monoisotopic (exact) mass is 266 g/mol. The molecule has 96 valence electrons. The quantitative estimate of drug-likeness (QED) is 0.861. The Labute approximate surface area is 112 Å². The summed E-state index contributed by atoms with van der Waals surface area (Å²) in [6.07, 6.45) is 1.48.